The van der Waals surface area contributed by atoms with Crippen molar-refractivity contribution in [1.82, 2.24) is 9.88 Å². The van der Waals surface area contributed by atoms with Gasteiger partial charge in [0.15, 0.2) is 0 Å². The van der Waals surface area contributed by atoms with E-state index in [-0.39, 0.29) is 0 Å². The number of hydrogen-bond acceptors (Lipinski definition) is 3. The minimum Gasteiger partial charge on any atom is -0.386 e. The number of likely N-dealkylation sites (N-methyl/N-ethyl adjacent to an activating group) is 1. The Morgan fingerprint density at radius 1 is 1.30 bits per heavy atom. The van der Waals surface area contributed by atoms with Crippen LogP contribution in [0.15, 0.2) is 24.3 Å². The molecule has 2 aromatic rings. The number of rotatable bonds is 2. The third-order valence-electron chi connectivity index (χ3n) is 4.18. The van der Waals surface area contributed by atoms with Gasteiger partial charge in [0.25, 0.3) is 0 Å². The van der Waals surface area contributed by atoms with Crippen LogP contribution >= 0.6 is 0 Å². The third kappa shape index (κ3) is 2.21. The zero-order valence-corrected chi connectivity index (χ0v) is 12.5. The molecule has 0 atom stereocenters. The van der Waals surface area contributed by atoms with Gasteiger partial charge in [-0.25, -0.2) is 0 Å². The first-order chi connectivity index (χ1) is 9.50. The Balaban J connectivity index is 2.30. The number of nitrogens with zero attached hydrogens (tertiary/aromatic N) is 2. The highest BCUT2D eigenvalue weighted by molar-refractivity contribution is 5.84. The maximum Gasteiger partial charge on any atom is 0.0850 e. The lowest BCUT2D eigenvalue weighted by molar-refractivity contribution is 0.0775. The molecular weight excluding hydrogens is 248 g/mol. The normalized spacial score (nSPS) is 16.4. The van der Waals surface area contributed by atoms with Crippen LogP contribution in [0.2, 0.25) is 0 Å². The largest absolute Gasteiger partial charge is 0.386 e. The first-order valence-corrected chi connectivity index (χ1v) is 7.36. The van der Waals surface area contributed by atoms with Gasteiger partial charge in [0.2, 0.25) is 0 Å². The molecule has 0 unspecified atom stereocenters. The minimum atomic E-state index is -0.844. The fourth-order valence-electron chi connectivity index (χ4n) is 3.21. The Bertz CT molecular complexity index is 643. The summed E-state index contributed by atoms with van der Waals surface area (Å²) in [6.07, 6.45) is 0.969. The predicted molar refractivity (Wildman–Crippen MR) is 81.6 cm³/mol. The fourth-order valence-corrected chi connectivity index (χ4v) is 3.21. The molecule has 3 heteroatoms. The second kappa shape index (κ2) is 4.83. The molecule has 0 bridgehead atoms. The van der Waals surface area contributed by atoms with Crippen molar-refractivity contribution in [3.05, 3.63) is 41.1 Å². The molecule has 0 saturated heterocycles. The first-order valence-electron chi connectivity index (χ1n) is 7.36. The van der Waals surface area contributed by atoms with Crippen molar-refractivity contribution < 1.29 is 5.11 Å². The summed E-state index contributed by atoms with van der Waals surface area (Å²) in [5, 5.41) is 11.7. The average Bonchev–Trinajstić information content (AvgIpc) is 2.42. The monoisotopic (exact) mass is 270 g/mol. The van der Waals surface area contributed by atoms with E-state index in [4.69, 9.17) is 4.98 Å². The van der Waals surface area contributed by atoms with E-state index in [2.05, 4.69) is 17.9 Å². The van der Waals surface area contributed by atoms with Crippen molar-refractivity contribution in [2.24, 2.45) is 0 Å². The van der Waals surface area contributed by atoms with Gasteiger partial charge >= 0.3 is 0 Å². The Hall–Kier alpha value is -1.45. The molecule has 3 rings (SSSR count). The van der Waals surface area contributed by atoms with Gasteiger partial charge < -0.3 is 5.11 Å². The van der Waals surface area contributed by atoms with Crippen LogP contribution in [0.3, 0.4) is 0 Å². The SMILES string of the molecule is CCN1CCc2nc3ccccc3c(C(C)(C)O)c2C1. The van der Waals surface area contributed by atoms with E-state index in [1.807, 2.05) is 32.0 Å². The van der Waals surface area contributed by atoms with Crippen LogP contribution in [0.1, 0.15) is 37.6 Å². The van der Waals surface area contributed by atoms with Crippen molar-refractivity contribution in [2.45, 2.75) is 39.3 Å². The molecular formula is C17H22N2O. The second-order valence-electron chi connectivity index (χ2n) is 6.11. The van der Waals surface area contributed by atoms with Crippen LogP contribution in [0.5, 0.6) is 0 Å². The number of hydrogen-bond donors (Lipinski definition) is 1. The Kier molecular flexibility index (Phi) is 3.27. The summed E-state index contributed by atoms with van der Waals surface area (Å²) < 4.78 is 0. The van der Waals surface area contributed by atoms with Gasteiger partial charge in [0.1, 0.15) is 0 Å². The van der Waals surface area contributed by atoms with Crippen molar-refractivity contribution >= 4 is 10.9 Å². The summed E-state index contributed by atoms with van der Waals surface area (Å²) in [5.74, 6) is 0. The lowest BCUT2D eigenvalue weighted by Crippen LogP contribution is -2.33. The molecule has 0 radical (unpaired) electrons. The molecule has 1 aliphatic heterocycles. The highest BCUT2D eigenvalue weighted by atomic mass is 16.3. The molecule has 1 aromatic carbocycles. The van der Waals surface area contributed by atoms with E-state index in [9.17, 15) is 5.11 Å². The number of fused-ring (bicyclic) bond motifs is 2. The summed E-state index contributed by atoms with van der Waals surface area (Å²) >= 11 is 0. The maximum atomic E-state index is 10.7. The molecule has 0 amide bonds. The molecule has 1 N–H and O–H groups in total. The van der Waals surface area contributed by atoms with Gasteiger partial charge in [-0.15, -0.1) is 0 Å². The van der Waals surface area contributed by atoms with Gasteiger partial charge in [0, 0.05) is 30.6 Å². The Labute approximate surface area is 120 Å². The topological polar surface area (TPSA) is 36.4 Å². The lowest BCUT2D eigenvalue weighted by Gasteiger charge is -2.32. The van der Waals surface area contributed by atoms with E-state index in [0.29, 0.717) is 0 Å². The van der Waals surface area contributed by atoms with Crippen LogP contribution in [-0.4, -0.2) is 28.1 Å². The third-order valence-corrected chi connectivity index (χ3v) is 4.18. The summed E-state index contributed by atoms with van der Waals surface area (Å²) in [5.41, 5.74) is 3.59. The van der Waals surface area contributed by atoms with Crippen molar-refractivity contribution in [3.63, 3.8) is 0 Å². The van der Waals surface area contributed by atoms with Crippen LogP contribution in [-0.2, 0) is 18.6 Å². The molecule has 0 spiro atoms. The van der Waals surface area contributed by atoms with Crippen LogP contribution in [0.25, 0.3) is 10.9 Å². The highest BCUT2D eigenvalue weighted by Crippen LogP contribution is 2.34. The zero-order chi connectivity index (χ0) is 14.3. The van der Waals surface area contributed by atoms with Gasteiger partial charge in [0.05, 0.1) is 11.1 Å². The van der Waals surface area contributed by atoms with Crippen molar-refractivity contribution in [3.8, 4) is 0 Å². The number of aliphatic hydroxyl groups is 1. The Morgan fingerprint density at radius 2 is 2.05 bits per heavy atom. The standard InChI is InChI=1S/C17H22N2O/c1-4-19-10-9-15-13(11-19)16(17(2,3)20)12-7-5-6-8-14(12)18-15/h5-8,20H,4,9-11H2,1-3H3. The number of pyridine rings is 1. The summed E-state index contributed by atoms with van der Waals surface area (Å²) in [7, 11) is 0. The van der Waals surface area contributed by atoms with Crippen molar-refractivity contribution in [1.29, 1.82) is 0 Å². The lowest BCUT2D eigenvalue weighted by atomic mass is 9.86. The van der Waals surface area contributed by atoms with E-state index < -0.39 is 5.60 Å². The summed E-state index contributed by atoms with van der Waals surface area (Å²) in [6.45, 7) is 8.92. The Morgan fingerprint density at radius 3 is 2.75 bits per heavy atom. The molecule has 106 valence electrons. The van der Waals surface area contributed by atoms with Crippen molar-refractivity contribution in [2.75, 3.05) is 13.1 Å². The summed E-state index contributed by atoms with van der Waals surface area (Å²) in [6, 6.07) is 8.14. The molecule has 0 saturated carbocycles. The highest BCUT2D eigenvalue weighted by Gasteiger charge is 2.28. The van der Waals surface area contributed by atoms with Gasteiger partial charge in [-0.3, -0.25) is 9.88 Å². The molecule has 3 nitrogen and oxygen atoms in total. The molecule has 2 heterocycles. The molecule has 0 fully saturated rings. The second-order valence-corrected chi connectivity index (χ2v) is 6.11. The molecule has 20 heavy (non-hydrogen) atoms. The maximum absolute atomic E-state index is 10.7. The average molecular weight is 270 g/mol. The minimum absolute atomic E-state index is 0.844. The number of para-hydroxylation sites is 1. The van der Waals surface area contributed by atoms with E-state index in [1.54, 1.807) is 0 Å². The number of aromatic nitrogens is 1. The first kappa shape index (κ1) is 13.5. The van der Waals surface area contributed by atoms with Gasteiger partial charge in [-0.05, 0) is 37.6 Å². The zero-order valence-electron chi connectivity index (χ0n) is 12.5. The predicted octanol–water partition coefficient (Wildman–Crippen LogP) is 2.84. The smallest absolute Gasteiger partial charge is 0.0850 e. The number of benzene rings is 1. The van der Waals surface area contributed by atoms with Crippen LogP contribution in [0, 0.1) is 0 Å². The quantitative estimate of drug-likeness (QED) is 0.911. The van der Waals surface area contributed by atoms with Crippen LogP contribution in [0.4, 0.5) is 0 Å². The van der Waals surface area contributed by atoms with Crippen LogP contribution < -0.4 is 0 Å². The molecule has 1 aliphatic rings. The fraction of sp³-hybridized carbons (Fsp3) is 0.471. The van der Waals surface area contributed by atoms with Gasteiger partial charge in [-0.1, -0.05) is 25.1 Å². The van der Waals surface area contributed by atoms with E-state index in [1.165, 1.54) is 5.56 Å². The molecule has 0 aliphatic carbocycles. The summed E-state index contributed by atoms with van der Waals surface area (Å²) in [4.78, 5) is 7.23. The van der Waals surface area contributed by atoms with E-state index >= 15 is 0 Å². The van der Waals surface area contributed by atoms with E-state index in [0.717, 1.165) is 48.2 Å². The molecule has 1 aromatic heterocycles. The van der Waals surface area contributed by atoms with Gasteiger partial charge in [-0.2, -0.15) is 0 Å².